The number of benzene rings is 1. The summed E-state index contributed by atoms with van der Waals surface area (Å²) >= 11 is 5.02. The Bertz CT molecular complexity index is 950. The van der Waals surface area contributed by atoms with Crippen molar-refractivity contribution >= 4 is 43.4 Å². The molecule has 4 rings (SSSR count). The average Bonchev–Trinajstić information content (AvgIpc) is 3.15. The number of rotatable bonds is 2. The molecule has 0 saturated carbocycles. The number of fused-ring (bicyclic) bond motifs is 1. The average molecular weight is 432 g/mol. The molecule has 1 aromatic carbocycles. The fourth-order valence-electron chi connectivity index (χ4n) is 3.89. The number of hydrogen-bond acceptors (Lipinski definition) is 3. The molecule has 0 N–H and O–H groups in total. The summed E-state index contributed by atoms with van der Waals surface area (Å²) in [6.45, 7) is 8.18. The first-order valence-corrected chi connectivity index (χ1v) is 10.6. The predicted molar refractivity (Wildman–Crippen MR) is 110 cm³/mol. The van der Waals surface area contributed by atoms with E-state index < -0.39 is 0 Å². The van der Waals surface area contributed by atoms with E-state index in [0.717, 1.165) is 44.0 Å². The van der Waals surface area contributed by atoms with Crippen LogP contribution >= 0.6 is 27.3 Å². The van der Waals surface area contributed by atoms with Crippen molar-refractivity contribution in [2.24, 2.45) is 11.8 Å². The van der Waals surface area contributed by atoms with Gasteiger partial charge in [0, 0.05) is 22.9 Å². The van der Waals surface area contributed by atoms with Crippen molar-refractivity contribution in [3.05, 3.63) is 45.4 Å². The summed E-state index contributed by atoms with van der Waals surface area (Å²) in [4.78, 5) is 16.9. The first-order valence-electron chi connectivity index (χ1n) is 8.96. The highest BCUT2D eigenvalue weighted by Crippen LogP contribution is 2.32. The van der Waals surface area contributed by atoms with E-state index in [1.54, 1.807) is 11.3 Å². The first kappa shape index (κ1) is 17.7. The van der Waals surface area contributed by atoms with Crippen LogP contribution in [0.1, 0.15) is 35.6 Å². The zero-order chi connectivity index (χ0) is 18.4. The summed E-state index contributed by atoms with van der Waals surface area (Å²) in [5, 5.41) is 5.74. The van der Waals surface area contributed by atoms with E-state index in [4.69, 9.17) is 0 Å². The molecule has 2 aromatic heterocycles. The highest BCUT2D eigenvalue weighted by Gasteiger charge is 2.28. The lowest BCUT2D eigenvalue weighted by Crippen LogP contribution is -2.42. The second-order valence-electron chi connectivity index (χ2n) is 7.46. The lowest BCUT2D eigenvalue weighted by Gasteiger charge is -2.34. The van der Waals surface area contributed by atoms with Crippen molar-refractivity contribution < 1.29 is 4.79 Å². The van der Waals surface area contributed by atoms with Gasteiger partial charge in [0.25, 0.3) is 5.91 Å². The molecule has 0 aliphatic carbocycles. The van der Waals surface area contributed by atoms with Gasteiger partial charge in [-0.2, -0.15) is 5.10 Å². The van der Waals surface area contributed by atoms with Crippen molar-refractivity contribution in [2.75, 3.05) is 13.1 Å². The van der Waals surface area contributed by atoms with Gasteiger partial charge in [0.15, 0.2) is 0 Å². The zero-order valence-electron chi connectivity index (χ0n) is 15.2. The summed E-state index contributed by atoms with van der Waals surface area (Å²) in [5.74, 6) is 1.29. The number of halogens is 1. The Kier molecular flexibility index (Phi) is 4.65. The van der Waals surface area contributed by atoms with Crippen LogP contribution in [0.3, 0.4) is 0 Å². The molecule has 3 aromatic rings. The number of nitrogens with zero attached hydrogens (tertiary/aromatic N) is 3. The number of thiophene rings is 1. The third-order valence-electron chi connectivity index (χ3n) is 4.98. The molecule has 4 nitrogen and oxygen atoms in total. The molecule has 1 fully saturated rings. The van der Waals surface area contributed by atoms with Crippen molar-refractivity contribution in [2.45, 2.75) is 27.2 Å². The third kappa shape index (κ3) is 3.21. The maximum absolute atomic E-state index is 13.1. The lowest BCUT2D eigenvalue weighted by molar-refractivity contribution is 0.0628. The van der Waals surface area contributed by atoms with Crippen LogP contribution in [0, 0.1) is 18.8 Å². The summed E-state index contributed by atoms with van der Waals surface area (Å²) < 4.78 is 2.98. The molecule has 6 heteroatoms. The smallest absolute Gasteiger partial charge is 0.264 e. The largest absolute Gasteiger partial charge is 0.337 e. The van der Waals surface area contributed by atoms with E-state index >= 15 is 0 Å². The molecule has 136 valence electrons. The number of aryl methyl sites for hydroxylation is 1. The van der Waals surface area contributed by atoms with Crippen LogP contribution in [0.2, 0.25) is 0 Å². The summed E-state index contributed by atoms with van der Waals surface area (Å²) in [5.41, 5.74) is 1.96. The van der Waals surface area contributed by atoms with Gasteiger partial charge >= 0.3 is 0 Å². The van der Waals surface area contributed by atoms with Gasteiger partial charge < -0.3 is 4.90 Å². The van der Waals surface area contributed by atoms with Gasteiger partial charge in [-0.3, -0.25) is 4.79 Å². The minimum Gasteiger partial charge on any atom is -0.337 e. The highest BCUT2D eigenvalue weighted by molar-refractivity contribution is 9.10. The van der Waals surface area contributed by atoms with Crippen LogP contribution in [0.15, 0.2) is 34.8 Å². The van der Waals surface area contributed by atoms with Crippen molar-refractivity contribution in [1.82, 2.24) is 14.7 Å². The number of carbonyl (C=O) groups excluding carboxylic acids is 1. The van der Waals surface area contributed by atoms with Crippen molar-refractivity contribution in [3.8, 4) is 5.69 Å². The van der Waals surface area contributed by atoms with Crippen molar-refractivity contribution in [1.29, 1.82) is 0 Å². The first-order chi connectivity index (χ1) is 12.4. The van der Waals surface area contributed by atoms with Gasteiger partial charge in [-0.15, -0.1) is 11.3 Å². The van der Waals surface area contributed by atoms with Gasteiger partial charge in [0.1, 0.15) is 4.83 Å². The SMILES string of the molecule is Cc1nn(-c2ccc(Br)cc2)c2sc(C(=O)N3CC(C)CC(C)C3)cc12. The molecule has 26 heavy (non-hydrogen) atoms. The Morgan fingerprint density at radius 2 is 1.85 bits per heavy atom. The number of carbonyl (C=O) groups is 1. The van der Waals surface area contributed by atoms with Crippen LogP contribution in [0.5, 0.6) is 0 Å². The fraction of sp³-hybridized carbons (Fsp3) is 0.400. The normalized spacial score (nSPS) is 20.7. The van der Waals surface area contributed by atoms with Crippen molar-refractivity contribution in [3.63, 3.8) is 0 Å². The molecule has 3 heterocycles. The number of amides is 1. The number of hydrogen-bond donors (Lipinski definition) is 0. The Balaban J connectivity index is 1.70. The molecule has 1 amide bonds. The highest BCUT2D eigenvalue weighted by atomic mass is 79.9. The van der Waals surface area contributed by atoms with E-state index in [1.165, 1.54) is 6.42 Å². The molecular formula is C20H22BrN3OS. The van der Waals surface area contributed by atoms with E-state index in [0.29, 0.717) is 11.8 Å². The molecule has 2 unspecified atom stereocenters. The maximum atomic E-state index is 13.1. The van der Waals surface area contributed by atoms with Crippen LogP contribution in [-0.2, 0) is 0 Å². The van der Waals surface area contributed by atoms with Gasteiger partial charge in [-0.1, -0.05) is 29.8 Å². The molecule has 1 saturated heterocycles. The summed E-state index contributed by atoms with van der Waals surface area (Å²) in [6, 6.07) is 10.1. The van der Waals surface area contributed by atoms with Crippen LogP contribution in [0.25, 0.3) is 15.9 Å². The second kappa shape index (κ2) is 6.82. The van der Waals surface area contributed by atoms with E-state index in [-0.39, 0.29) is 5.91 Å². The molecule has 0 radical (unpaired) electrons. The quantitative estimate of drug-likeness (QED) is 0.553. The minimum atomic E-state index is 0.159. The number of piperidine rings is 1. The van der Waals surface area contributed by atoms with E-state index in [9.17, 15) is 4.79 Å². The Morgan fingerprint density at radius 1 is 1.19 bits per heavy atom. The standard InChI is InChI=1S/C20H22BrN3OS/c1-12-8-13(2)11-23(10-12)19(25)18-9-17-14(3)22-24(20(17)26-18)16-6-4-15(21)5-7-16/h4-7,9,12-13H,8,10-11H2,1-3H3. The molecule has 1 aliphatic rings. The van der Waals surface area contributed by atoms with Crippen LogP contribution in [-0.4, -0.2) is 33.7 Å². The van der Waals surface area contributed by atoms with Gasteiger partial charge in [-0.05, 0) is 55.5 Å². The molecule has 1 aliphatic heterocycles. The fourth-order valence-corrected chi connectivity index (χ4v) is 5.31. The molecule has 0 bridgehead atoms. The minimum absolute atomic E-state index is 0.159. The van der Waals surface area contributed by atoms with E-state index in [1.807, 2.05) is 46.8 Å². The Labute approximate surface area is 165 Å². The predicted octanol–water partition coefficient (Wildman–Crippen LogP) is 5.28. The maximum Gasteiger partial charge on any atom is 0.264 e. The molecule has 0 spiro atoms. The molecule has 2 atom stereocenters. The van der Waals surface area contributed by atoms with E-state index in [2.05, 4.69) is 34.9 Å². The zero-order valence-corrected chi connectivity index (χ0v) is 17.6. The third-order valence-corrected chi connectivity index (χ3v) is 6.61. The lowest BCUT2D eigenvalue weighted by atomic mass is 9.92. The van der Waals surface area contributed by atoms with Gasteiger partial charge in [0.05, 0.1) is 16.3 Å². The topological polar surface area (TPSA) is 38.1 Å². The van der Waals surface area contributed by atoms with Crippen LogP contribution in [0.4, 0.5) is 0 Å². The molecular weight excluding hydrogens is 410 g/mol. The van der Waals surface area contributed by atoms with Gasteiger partial charge in [0.2, 0.25) is 0 Å². The number of aromatic nitrogens is 2. The van der Waals surface area contributed by atoms with Crippen LogP contribution < -0.4 is 0 Å². The summed E-state index contributed by atoms with van der Waals surface area (Å²) in [7, 11) is 0. The monoisotopic (exact) mass is 431 g/mol. The Hall–Kier alpha value is -1.66. The number of likely N-dealkylation sites (tertiary alicyclic amines) is 1. The second-order valence-corrected chi connectivity index (χ2v) is 9.41. The summed E-state index contributed by atoms with van der Waals surface area (Å²) in [6.07, 6.45) is 1.20. The van der Waals surface area contributed by atoms with Gasteiger partial charge in [-0.25, -0.2) is 4.68 Å². The Morgan fingerprint density at radius 3 is 2.50 bits per heavy atom.